The lowest BCUT2D eigenvalue weighted by molar-refractivity contribution is 0.552. The minimum absolute atomic E-state index is 0.317. The molecular formula is C17H20N2. The molecule has 1 unspecified atom stereocenters. The van der Waals surface area contributed by atoms with Gasteiger partial charge in [-0.2, -0.15) is 0 Å². The fourth-order valence-corrected chi connectivity index (χ4v) is 3.24. The summed E-state index contributed by atoms with van der Waals surface area (Å²) < 4.78 is 0. The molecule has 1 aliphatic carbocycles. The molecule has 0 aliphatic heterocycles. The van der Waals surface area contributed by atoms with E-state index in [9.17, 15) is 0 Å². The Balaban J connectivity index is 2.12. The van der Waals surface area contributed by atoms with Gasteiger partial charge in [0, 0.05) is 24.4 Å². The zero-order valence-corrected chi connectivity index (χ0v) is 11.3. The van der Waals surface area contributed by atoms with Crippen molar-refractivity contribution in [2.45, 2.75) is 31.6 Å². The first-order valence-electron chi connectivity index (χ1n) is 7.03. The molecule has 0 spiro atoms. The summed E-state index contributed by atoms with van der Waals surface area (Å²) in [5, 5.41) is 0. The Kier molecular flexibility index (Phi) is 3.34. The Labute approximate surface area is 114 Å². The van der Waals surface area contributed by atoms with Gasteiger partial charge in [-0.15, -0.1) is 0 Å². The van der Waals surface area contributed by atoms with Crippen LogP contribution in [0.25, 0.3) is 0 Å². The van der Waals surface area contributed by atoms with Crippen molar-refractivity contribution in [1.82, 2.24) is 4.98 Å². The van der Waals surface area contributed by atoms with E-state index >= 15 is 0 Å². The van der Waals surface area contributed by atoms with E-state index in [4.69, 9.17) is 5.73 Å². The molecule has 0 fully saturated rings. The van der Waals surface area contributed by atoms with Crippen LogP contribution in [-0.2, 0) is 12.8 Å². The van der Waals surface area contributed by atoms with Crippen LogP contribution in [0.4, 0.5) is 0 Å². The summed E-state index contributed by atoms with van der Waals surface area (Å²) >= 11 is 0. The zero-order chi connectivity index (χ0) is 13.2. The van der Waals surface area contributed by atoms with E-state index in [0.29, 0.717) is 18.4 Å². The third-order valence-electron chi connectivity index (χ3n) is 4.34. The number of nitrogens with zero attached hydrogens (tertiary/aromatic N) is 1. The largest absolute Gasteiger partial charge is 0.330 e. The van der Waals surface area contributed by atoms with E-state index in [2.05, 4.69) is 42.2 Å². The minimum Gasteiger partial charge on any atom is -0.330 e. The van der Waals surface area contributed by atoms with Gasteiger partial charge in [-0.3, -0.25) is 4.98 Å². The fourth-order valence-electron chi connectivity index (χ4n) is 3.24. The summed E-state index contributed by atoms with van der Waals surface area (Å²) in [5.41, 5.74) is 11.5. The Bertz CT molecular complexity index is 577. The first-order valence-corrected chi connectivity index (χ1v) is 7.03. The smallest absolute Gasteiger partial charge is 0.0485 e. The highest BCUT2D eigenvalue weighted by Gasteiger charge is 2.26. The molecule has 2 aromatic rings. The molecule has 2 heteroatoms. The number of benzene rings is 1. The van der Waals surface area contributed by atoms with Crippen LogP contribution in [0.3, 0.4) is 0 Å². The molecule has 2 N–H and O–H groups in total. The Morgan fingerprint density at radius 3 is 2.68 bits per heavy atom. The average molecular weight is 252 g/mol. The molecule has 3 rings (SSSR count). The summed E-state index contributed by atoms with van der Waals surface area (Å²) in [6.45, 7) is 2.93. The predicted octanol–water partition coefficient (Wildman–Crippen LogP) is 3.03. The van der Waals surface area contributed by atoms with Crippen LogP contribution in [0.1, 0.15) is 41.1 Å². The maximum Gasteiger partial charge on any atom is 0.0485 e. The Morgan fingerprint density at radius 2 is 1.84 bits per heavy atom. The summed E-state index contributed by atoms with van der Waals surface area (Å²) in [6.07, 6.45) is 4.04. The highest BCUT2D eigenvalue weighted by atomic mass is 14.7. The number of hydrogen-bond acceptors (Lipinski definition) is 2. The number of aryl methyl sites for hydroxylation is 2. The van der Waals surface area contributed by atoms with E-state index in [-0.39, 0.29) is 0 Å². The van der Waals surface area contributed by atoms with E-state index in [1.807, 2.05) is 12.3 Å². The first-order chi connectivity index (χ1) is 9.31. The molecule has 1 heterocycles. The van der Waals surface area contributed by atoms with Crippen LogP contribution < -0.4 is 5.73 Å². The second-order valence-electron chi connectivity index (χ2n) is 5.38. The van der Waals surface area contributed by atoms with Gasteiger partial charge in [0.1, 0.15) is 0 Å². The van der Waals surface area contributed by atoms with E-state index in [1.165, 1.54) is 22.4 Å². The van der Waals surface area contributed by atoms with Gasteiger partial charge in [0.05, 0.1) is 0 Å². The van der Waals surface area contributed by atoms with Gasteiger partial charge < -0.3 is 5.73 Å². The topological polar surface area (TPSA) is 38.9 Å². The lowest BCUT2D eigenvalue weighted by Crippen LogP contribution is -2.23. The van der Waals surface area contributed by atoms with Gasteiger partial charge in [0.2, 0.25) is 0 Å². The van der Waals surface area contributed by atoms with E-state index < -0.39 is 0 Å². The second kappa shape index (κ2) is 5.14. The van der Waals surface area contributed by atoms with Crippen molar-refractivity contribution in [2.24, 2.45) is 5.73 Å². The molecule has 0 amide bonds. The molecule has 1 aromatic carbocycles. The van der Waals surface area contributed by atoms with Crippen molar-refractivity contribution in [3.63, 3.8) is 0 Å². The average Bonchev–Trinajstić information content (AvgIpc) is 2.46. The zero-order valence-electron chi connectivity index (χ0n) is 11.3. The van der Waals surface area contributed by atoms with Gasteiger partial charge in [-0.05, 0) is 41.5 Å². The number of aromatic nitrogens is 1. The second-order valence-corrected chi connectivity index (χ2v) is 5.38. The molecule has 0 radical (unpaired) electrons. The van der Waals surface area contributed by atoms with Crippen molar-refractivity contribution < 1.29 is 0 Å². The normalized spacial score (nSPS) is 22.0. The van der Waals surface area contributed by atoms with E-state index in [0.717, 1.165) is 12.8 Å². The van der Waals surface area contributed by atoms with Gasteiger partial charge in [-0.25, -0.2) is 0 Å². The van der Waals surface area contributed by atoms with Crippen LogP contribution in [0, 0.1) is 0 Å². The molecule has 2 nitrogen and oxygen atoms in total. The lowest BCUT2D eigenvalue weighted by atomic mass is 9.78. The Morgan fingerprint density at radius 1 is 1.11 bits per heavy atom. The van der Waals surface area contributed by atoms with Gasteiger partial charge in [0.15, 0.2) is 0 Å². The van der Waals surface area contributed by atoms with Crippen molar-refractivity contribution in [2.75, 3.05) is 6.54 Å². The van der Waals surface area contributed by atoms with Crippen LogP contribution in [0.15, 0.2) is 42.6 Å². The van der Waals surface area contributed by atoms with Crippen molar-refractivity contribution in [1.29, 1.82) is 0 Å². The molecule has 1 aromatic heterocycles. The molecular weight excluding hydrogens is 232 g/mol. The molecule has 1 aliphatic rings. The predicted molar refractivity (Wildman–Crippen MR) is 78.3 cm³/mol. The van der Waals surface area contributed by atoms with E-state index in [1.54, 1.807) is 0 Å². The van der Waals surface area contributed by atoms with Gasteiger partial charge in [0.25, 0.3) is 0 Å². The van der Waals surface area contributed by atoms with Crippen LogP contribution in [0.5, 0.6) is 0 Å². The molecule has 19 heavy (non-hydrogen) atoms. The third-order valence-corrected chi connectivity index (χ3v) is 4.34. The number of pyridine rings is 1. The maximum absolute atomic E-state index is 6.05. The van der Waals surface area contributed by atoms with Gasteiger partial charge >= 0.3 is 0 Å². The third kappa shape index (κ3) is 2.17. The highest BCUT2D eigenvalue weighted by Crippen LogP contribution is 2.36. The van der Waals surface area contributed by atoms with Gasteiger partial charge in [-0.1, -0.05) is 37.3 Å². The molecule has 0 saturated heterocycles. The standard InChI is InChI=1S/C17H20N2/c1-12-15-7-3-2-5-13(15)8-9-14-6-4-10-19-17(14)16(12)11-18/h2-7,10,12,16H,8-9,11,18H2,1H3/t12-,16?/m1/s1. The SMILES string of the molecule is C[C@@H]1c2ccccc2CCc2cccnc2C1CN. The van der Waals surface area contributed by atoms with Crippen molar-refractivity contribution >= 4 is 0 Å². The van der Waals surface area contributed by atoms with Crippen LogP contribution >= 0.6 is 0 Å². The number of hydrogen-bond donors (Lipinski definition) is 1. The number of rotatable bonds is 1. The molecule has 2 atom stereocenters. The fraction of sp³-hybridized carbons (Fsp3) is 0.353. The van der Waals surface area contributed by atoms with Crippen molar-refractivity contribution in [3.05, 3.63) is 65.0 Å². The monoisotopic (exact) mass is 252 g/mol. The summed E-state index contributed by atoms with van der Waals surface area (Å²) in [4.78, 5) is 4.62. The lowest BCUT2D eigenvalue weighted by Gasteiger charge is -2.28. The summed E-state index contributed by atoms with van der Waals surface area (Å²) in [7, 11) is 0. The molecule has 98 valence electrons. The quantitative estimate of drug-likeness (QED) is 0.847. The Hall–Kier alpha value is -1.67. The summed E-state index contributed by atoms with van der Waals surface area (Å²) in [5.74, 6) is 0.743. The first kappa shape index (κ1) is 12.4. The van der Waals surface area contributed by atoms with Crippen molar-refractivity contribution in [3.8, 4) is 0 Å². The minimum atomic E-state index is 0.317. The number of nitrogens with two attached hydrogens (primary N) is 1. The summed E-state index contributed by atoms with van der Waals surface area (Å²) in [6, 6.07) is 13.0. The van der Waals surface area contributed by atoms with Crippen LogP contribution in [0.2, 0.25) is 0 Å². The molecule has 0 bridgehead atoms. The molecule has 0 saturated carbocycles. The number of fused-ring (bicyclic) bond motifs is 2. The highest BCUT2D eigenvalue weighted by molar-refractivity contribution is 5.38. The van der Waals surface area contributed by atoms with Crippen LogP contribution in [-0.4, -0.2) is 11.5 Å². The maximum atomic E-state index is 6.05.